The van der Waals surface area contributed by atoms with Crippen molar-refractivity contribution in [2.45, 2.75) is 26.0 Å². The maximum absolute atomic E-state index is 12.9. The Morgan fingerprint density at radius 1 is 1.32 bits per heavy atom. The van der Waals surface area contributed by atoms with E-state index in [9.17, 15) is 9.59 Å². The molecule has 4 rings (SSSR count). The number of benzene rings is 2. The second kappa shape index (κ2) is 7.24. The van der Waals surface area contributed by atoms with Crippen LogP contribution in [0, 0.1) is 6.92 Å². The highest BCUT2D eigenvalue weighted by molar-refractivity contribution is 7.19. The van der Waals surface area contributed by atoms with Crippen LogP contribution in [0.4, 0.5) is 5.69 Å². The van der Waals surface area contributed by atoms with Crippen molar-refractivity contribution in [2.75, 3.05) is 4.90 Å². The number of aliphatic carboxylic acids is 1. The van der Waals surface area contributed by atoms with Gasteiger partial charge in [-0.05, 0) is 36.8 Å². The molecule has 0 bridgehead atoms. The normalized spacial score (nSPS) is 16.2. The van der Waals surface area contributed by atoms with Crippen molar-refractivity contribution in [2.24, 2.45) is 0 Å². The van der Waals surface area contributed by atoms with E-state index >= 15 is 0 Å². The number of aromatic nitrogens is 1. The molecule has 1 unspecified atom stereocenters. The van der Waals surface area contributed by atoms with Crippen molar-refractivity contribution in [3.05, 3.63) is 50.9 Å². The number of hydrogen-bond acceptors (Lipinski definition) is 5. The van der Waals surface area contributed by atoms with E-state index in [0.717, 1.165) is 10.3 Å². The number of ether oxygens (including phenoxy) is 1. The van der Waals surface area contributed by atoms with Crippen molar-refractivity contribution in [3.63, 3.8) is 0 Å². The maximum atomic E-state index is 12.9. The lowest BCUT2D eigenvalue weighted by atomic mass is 10.1. The fraction of sp³-hybridized carbons (Fsp3) is 0.211. The fourth-order valence-corrected chi connectivity index (χ4v) is 4.63. The second-order valence-corrected chi connectivity index (χ2v) is 8.37. The van der Waals surface area contributed by atoms with Gasteiger partial charge in [0.15, 0.2) is 6.10 Å². The largest absolute Gasteiger partial charge is 0.481 e. The van der Waals surface area contributed by atoms with Crippen LogP contribution in [0.1, 0.15) is 17.0 Å². The molecular formula is C19H14Cl2N2O4S. The standard InChI is InChI=1S/C19H14Cl2N2O4S/c1-9-2-3-13-14(4-9)27-15(7-17(24)25)19(26)23(13)8-16-22-12-6-10(20)5-11(21)18(12)28-16/h2-6,15H,7-8H2,1H3,(H,24,25). The summed E-state index contributed by atoms with van der Waals surface area (Å²) in [7, 11) is 0. The minimum Gasteiger partial charge on any atom is -0.481 e. The average Bonchev–Trinajstić information content (AvgIpc) is 3.01. The van der Waals surface area contributed by atoms with E-state index in [4.69, 9.17) is 33.0 Å². The zero-order chi connectivity index (χ0) is 20.0. The molecule has 2 heterocycles. The summed E-state index contributed by atoms with van der Waals surface area (Å²) in [5.74, 6) is -1.04. The summed E-state index contributed by atoms with van der Waals surface area (Å²) in [5, 5.41) is 10.8. The predicted octanol–water partition coefficient (Wildman–Crippen LogP) is 4.68. The maximum Gasteiger partial charge on any atom is 0.307 e. The second-order valence-electron chi connectivity index (χ2n) is 6.44. The van der Waals surface area contributed by atoms with Gasteiger partial charge in [0.1, 0.15) is 10.8 Å². The molecule has 0 spiro atoms. The van der Waals surface area contributed by atoms with E-state index in [1.807, 2.05) is 13.0 Å². The van der Waals surface area contributed by atoms with E-state index in [2.05, 4.69) is 4.98 Å². The van der Waals surface area contributed by atoms with Crippen LogP contribution in [0.3, 0.4) is 0 Å². The Kier molecular flexibility index (Phi) is 4.91. The van der Waals surface area contributed by atoms with Crippen molar-refractivity contribution in [1.29, 1.82) is 0 Å². The molecular weight excluding hydrogens is 423 g/mol. The van der Waals surface area contributed by atoms with Crippen LogP contribution in [0.25, 0.3) is 10.2 Å². The highest BCUT2D eigenvalue weighted by Gasteiger charge is 2.36. The molecule has 0 aliphatic carbocycles. The molecule has 1 atom stereocenters. The molecule has 0 fully saturated rings. The quantitative estimate of drug-likeness (QED) is 0.641. The van der Waals surface area contributed by atoms with Gasteiger partial charge in [-0.3, -0.25) is 14.5 Å². The Hall–Kier alpha value is -2.35. The van der Waals surface area contributed by atoms with Crippen molar-refractivity contribution < 1.29 is 19.4 Å². The number of aryl methyl sites for hydroxylation is 1. The van der Waals surface area contributed by atoms with Gasteiger partial charge in [-0.15, -0.1) is 11.3 Å². The minimum atomic E-state index is -1.10. The van der Waals surface area contributed by atoms with Gasteiger partial charge in [-0.2, -0.15) is 0 Å². The number of hydrogen-bond donors (Lipinski definition) is 1. The summed E-state index contributed by atoms with van der Waals surface area (Å²) in [4.78, 5) is 30.1. The topological polar surface area (TPSA) is 79.7 Å². The number of carbonyl (C=O) groups is 2. The summed E-state index contributed by atoms with van der Waals surface area (Å²) in [6, 6.07) is 8.81. The molecule has 1 N–H and O–H groups in total. The van der Waals surface area contributed by atoms with Crippen molar-refractivity contribution in [1.82, 2.24) is 4.98 Å². The van der Waals surface area contributed by atoms with E-state index in [1.165, 1.54) is 16.2 Å². The third kappa shape index (κ3) is 3.53. The van der Waals surface area contributed by atoms with Gasteiger partial charge in [0.25, 0.3) is 5.91 Å². The van der Waals surface area contributed by atoms with Crippen LogP contribution in [-0.4, -0.2) is 28.1 Å². The number of carbonyl (C=O) groups excluding carboxylic acids is 1. The van der Waals surface area contributed by atoms with Crippen molar-refractivity contribution >= 4 is 62.3 Å². The van der Waals surface area contributed by atoms with E-state index < -0.39 is 24.4 Å². The molecule has 1 aliphatic heterocycles. The first-order chi connectivity index (χ1) is 13.3. The van der Waals surface area contributed by atoms with Crippen LogP contribution in [-0.2, 0) is 16.1 Å². The highest BCUT2D eigenvalue weighted by Crippen LogP contribution is 2.38. The van der Waals surface area contributed by atoms with E-state index in [0.29, 0.717) is 32.0 Å². The first-order valence-electron chi connectivity index (χ1n) is 8.37. The van der Waals surface area contributed by atoms with Crippen LogP contribution in [0.5, 0.6) is 5.75 Å². The Labute approximate surface area is 174 Å². The average molecular weight is 437 g/mol. The smallest absolute Gasteiger partial charge is 0.307 e. The lowest BCUT2D eigenvalue weighted by molar-refractivity contribution is -0.142. The fourth-order valence-electron chi connectivity index (χ4n) is 3.09. The molecule has 28 heavy (non-hydrogen) atoms. The molecule has 3 aromatic rings. The number of halogens is 2. The summed E-state index contributed by atoms with van der Waals surface area (Å²) >= 11 is 13.7. The lowest BCUT2D eigenvalue weighted by Gasteiger charge is -2.33. The lowest BCUT2D eigenvalue weighted by Crippen LogP contribution is -2.46. The Morgan fingerprint density at radius 3 is 2.86 bits per heavy atom. The number of thiazole rings is 1. The first kappa shape index (κ1) is 19.0. The molecule has 0 saturated heterocycles. The van der Waals surface area contributed by atoms with Crippen LogP contribution in [0.15, 0.2) is 30.3 Å². The van der Waals surface area contributed by atoms with Crippen LogP contribution < -0.4 is 9.64 Å². The summed E-state index contributed by atoms with van der Waals surface area (Å²) in [6.45, 7) is 2.08. The third-order valence-corrected chi connectivity index (χ3v) is 6.04. The number of rotatable bonds is 4. The zero-order valence-electron chi connectivity index (χ0n) is 14.6. The summed E-state index contributed by atoms with van der Waals surface area (Å²) in [6.07, 6.45) is -1.50. The molecule has 0 radical (unpaired) electrons. The molecule has 6 nitrogen and oxygen atoms in total. The number of carboxylic acid groups (broad SMARTS) is 1. The summed E-state index contributed by atoms with van der Waals surface area (Å²) < 4.78 is 6.46. The molecule has 9 heteroatoms. The Bertz CT molecular complexity index is 1110. The Morgan fingerprint density at radius 2 is 2.11 bits per heavy atom. The monoisotopic (exact) mass is 436 g/mol. The number of anilines is 1. The summed E-state index contributed by atoms with van der Waals surface area (Å²) in [5.41, 5.74) is 2.19. The number of carboxylic acids is 1. The van der Waals surface area contributed by atoms with Gasteiger partial charge < -0.3 is 9.84 Å². The van der Waals surface area contributed by atoms with E-state index in [-0.39, 0.29) is 6.54 Å². The number of amides is 1. The van der Waals surface area contributed by atoms with Gasteiger partial charge in [-0.1, -0.05) is 29.3 Å². The van der Waals surface area contributed by atoms with Gasteiger partial charge in [0, 0.05) is 5.02 Å². The van der Waals surface area contributed by atoms with Crippen LogP contribution >= 0.6 is 34.5 Å². The Balaban J connectivity index is 1.74. The van der Waals surface area contributed by atoms with Crippen molar-refractivity contribution in [3.8, 4) is 5.75 Å². The molecule has 1 aliphatic rings. The molecule has 144 valence electrons. The highest BCUT2D eigenvalue weighted by atomic mass is 35.5. The zero-order valence-corrected chi connectivity index (χ0v) is 16.9. The van der Waals surface area contributed by atoms with Gasteiger partial charge in [0.2, 0.25) is 0 Å². The third-order valence-electron chi connectivity index (χ3n) is 4.32. The first-order valence-corrected chi connectivity index (χ1v) is 9.94. The van der Waals surface area contributed by atoms with Gasteiger partial charge >= 0.3 is 5.97 Å². The molecule has 0 saturated carbocycles. The van der Waals surface area contributed by atoms with Gasteiger partial charge in [-0.25, -0.2) is 4.98 Å². The van der Waals surface area contributed by atoms with Crippen LogP contribution in [0.2, 0.25) is 10.0 Å². The number of nitrogens with zero attached hydrogens (tertiary/aromatic N) is 2. The number of fused-ring (bicyclic) bond motifs is 2. The van der Waals surface area contributed by atoms with E-state index in [1.54, 1.807) is 24.3 Å². The SMILES string of the molecule is Cc1ccc2c(c1)OC(CC(=O)O)C(=O)N2Cc1nc2cc(Cl)cc(Cl)c2s1. The molecule has 1 amide bonds. The van der Waals surface area contributed by atoms with Gasteiger partial charge in [0.05, 0.1) is 33.9 Å². The predicted molar refractivity (Wildman–Crippen MR) is 109 cm³/mol. The minimum absolute atomic E-state index is 0.182. The molecule has 2 aromatic carbocycles. The molecule has 1 aromatic heterocycles.